The van der Waals surface area contributed by atoms with Gasteiger partial charge in [-0.25, -0.2) is 0 Å². The van der Waals surface area contributed by atoms with Crippen molar-refractivity contribution >= 4 is 16.1 Å². The van der Waals surface area contributed by atoms with Gasteiger partial charge in [0.2, 0.25) is 5.91 Å². The number of likely N-dealkylation sites (tertiary alicyclic amines) is 1. The Labute approximate surface area is 116 Å². The molecule has 1 aliphatic heterocycles. The van der Waals surface area contributed by atoms with Crippen molar-refractivity contribution in [2.24, 2.45) is 5.41 Å². The van der Waals surface area contributed by atoms with Gasteiger partial charge < -0.3 is 4.90 Å². The molecule has 1 rings (SSSR count). The Bertz CT molecular complexity index is 418. The van der Waals surface area contributed by atoms with Gasteiger partial charge in [-0.2, -0.15) is 17.4 Å². The zero-order chi connectivity index (χ0) is 14.8. The largest absolute Gasteiger partial charge is 0.342 e. The number of nitrogens with one attached hydrogen (secondary N) is 1. The fourth-order valence-electron chi connectivity index (χ4n) is 1.99. The molecule has 1 saturated heterocycles. The highest BCUT2D eigenvalue weighted by molar-refractivity contribution is 7.87. The lowest BCUT2D eigenvalue weighted by molar-refractivity contribution is -0.140. The van der Waals surface area contributed by atoms with E-state index in [1.165, 1.54) is 18.4 Å². The van der Waals surface area contributed by atoms with Gasteiger partial charge in [-0.05, 0) is 12.8 Å². The third kappa shape index (κ3) is 4.43. The zero-order valence-corrected chi connectivity index (χ0v) is 13.2. The number of rotatable bonds is 3. The van der Waals surface area contributed by atoms with Crippen LogP contribution in [0.3, 0.4) is 0 Å². The third-order valence-corrected chi connectivity index (χ3v) is 4.81. The summed E-state index contributed by atoms with van der Waals surface area (Å²) in [7, 11) is -0.383. The van der Waals surface area contributed by atoms with E-state index in [1.54, 1.807) is 0 Å². The van der Waals surface area contributed by atoms with Gasteiger partial charge in [-0.1, -0.05) is 20.8 Å². The van der Waals surface area contributed by atoms with Gasteiger partial charge >= 0.3 is 0 Å². The van der Waals surface area contributed by atoms with Gasteiger partial charge in [0, 0.05) is 38.6 Å². The van der Waals surface area contributed by atoms with E-state index in [4.69, 9.17) is 0 Å². The van der Waals surface area contributed by atoms with Crippen LogP contribution in [0.1, 0.15) is 33.6 Å². The first-order valence-electron chi connectivity index (χ1n) is 6.53. The second-order valence-electron chi connectivity index (χ2n) is 6.22. The molecule has 1 amide bonds. The summed E-state index contributed by atoms with van der Waals surface area (Å²) in [5, 5.41) is 0. The second-order valence-corrected chi connectivity index (χ2v) is 8.14. The maximum atomic E-state index is 12.1. The molecule has 0 aromatic heterocycles. The Morgan fingerprint density at radius 3 is 2.05 bits per heavy atom. The van der Waals surface area contributed by atoms with Crippen LogP contribution in [0.4, 0.5) is 0 Å². The minimum atomic E-state index is -3.38. The number of nitrogens with zero attached hydrogens (tertiary/aromatic N) is 2. The van der Waals surface area contributed by atoms with E-state index in [1.807, 2.05) is 25.7 Å². The average Bonchev–Trinajstić information content (AvgIpc) is 2.27. The summed E-state index contributed by atoms with van der Waals surface area (Å²) in [6.07, 6.45) is 1.32. The lowest BCUT2D eigenvalue weighted by atomic mass is 9.93. The molecule has 0 unspecified atom stereocenters. The SMILES string of the molecule is CN(C)S(=O)(=O)NC1CCN(C(=O)C(C)(C)C)CC1. The van der Waals surface area contributed by atoms with Crippen molar-refractivity contribution in [3.63, 3.8) is 0 Å². The van der Waals surface area contributed by atoms with Crippen molar-refractivity contribution in [2.75, 3.05) is 27.2 Å². The summed E-state index contributed by atoms with van der Waals surface area (Å²) < 4.78 is 27.2. The van der Waals surface area contributed by atoms with Gasteiger partial charge in [0.05, 0.1) is 0 Å². The predicted octanol–water partition coefficient (Wildman–Crippen LogP) is 0.420. The Balaban J connectivity index is 2.53. The fraction of sp³-hybridized carbons (Fsp3) is 0.917. The topological polar surface area (TPSA) is 69.7 Å². The van der Waals surface area contributed by atoms with Crippen LogP contribution >= 0.6 is 0 Å². The van der Waals surface area contributed by atoms with Crippen LogP contribution < -0.4 is 4.72 Å². The van der Waals surface area contributed by atoms with Crippen molar-refractivity contribution in [3.8, 4) is 0 Å². The number of carbonyl (C=O) groups is 1. The molecule has 1 aliphatic rings. The van der Waals surface area contributed by atoms with Crippen LogP contribution in [0.25, 0.3) is 0 Å². The molecule has 1 fully saturated rings. The van der Waals surface area contributed by atoms with Gasteiger partial charge in [-0.3, -0.25) is 4.79 Å². The summed E-state index contributed by atoms with van der Waals surface area (Å²) in [6.45, 7) is 6.91. The first-order valence-corrected chi connectivity index (χ1v) is 7.97. The van der Waals surface area contributed by atoms with Gasteiger partial charge in [-0.15, -0.1) is 0 Å². The molecule has 0 radical (unpaired) electrons. The van der Waals surface area contributed by atoms with Crippen molar-refractivity contribution in [1.82, 2.24) is 13.9 Å². The molecule has 1 heterocycles. The van der Waals surface area contributed by atoms with Crippen molar-refractivity contribution in [2.45, 2.75) is 39.7 Å². The van der Waals surface area contributed by atoms with Crippen LogP contribution in [-0.2, 0) is 15.0 Å². The van der Waals surface area contributed by atoms with E-state index in [9.17, 15) is 13.2 Å². The Hall–Kier alpha value is -0.660. The van der Waals surface area contributed by atoms with E-state index < -0.39 is 10.2 Å². The number of hydrogen-bond acceptors (Lipinski definition) is 3. The van der Waals surface area contributed by atoms with Gasteiger partial charge in [0.15, 0.2) is 0 Å². The van der Waals surface area contributed by atoms with Crippen molar-refractivity contribution in [1.29, 1.82) is 0 Å². The van der Waals surface area contributed by atoms with Crippen molar-refractivity contribution in [3.05, 3.63) is 0 Å². The summed E-state index contributed by atoms with van der Waals surface area (Å²) in [4.78, 5) is 13.9. The molecule has 0 atom stereocenters. The molecular weight excluding hydrogens is 266 g/mol. The average molecular weight is 291 g/mol. The molecule has 7 heteroatoms. The Morgan fingerprint density at radius 2 is 1.68 bits per heavy atom. The molecule has 0 aliphatic carbocycles. The van der Waals surface area contributed by atoms with Crippen molar-refractivity contribution < 1.29 is 13.2 Å². The van der Waals surface area contributed by atoms with E-state index >= 15 is 0 Å². The minimum Gasteiger partial charge on any atom is -0.342 e. The number of carbonyl (C=O) groups excluding carboxylic acids is 1. The fourth-order valence-corrected chi connectivity index (χ4v) is 2.86. The summed E-state index contributed by atoms with van der Waals surface area (Å²) >= 11 is 0. The molecule has 1 N–H and O–H groups in total. The zero-order valence-electron chi connectivity index (χ0n) is 12.4. The summed E-state index contributed by atoms with van der Waals surface area (Å²) in [5.41, 5.74) is -0.379. The first-order chi connectivity index (χ1) is 8.54. The predicted molar refractivity (Wildman–Crippen MR) is 74.8 cm³/mol. The third-order valence-electron chi connectivity index (χ3n) is 3.22. The van der Waals surface area contributed by atoms with E-state index in [2.05, 4.69) is 4.72 Å². The molecule has 6 nitrogen and oxygen atoms in total. The van der Waals surface area contributed by atoms with Crippen LogP contribution in [0.15, 0.2) is 0 Å². The molecule has 0 aromatic rings. The maximum absolute atomic E-state index is 12.1. The normalized spacial score (nSPS) is 18.9. The second kappa shape index (κ2) is 5.76. The van der Waals surface area contributed by atoms with E-state index in [0.717, 1.165) is 0 Å². The van der Waals surface area contributed by atoms with Crippen LogP contribution in [0, 0.1) is 5.41 Å². The van der Waals surface area contributed by atoms with Crippen LogP contribution in [0.5, 0.6) is 0 Å². The van der Waals surface area contributed by atoms with Crippen LogP contribution in [-0.4, -0.2) is 56.8 Å². The maximum Gasteiger partial charge on any atom is 0.279 e. The molecular formula is C12H25N3O3S. The molecule has 0 spiro atoms. The van der Waals surface area contributed by atoms with E-state index in [0.29, 0.717) is 25.9 Å². The highest BCUT2D eigenvalue weighted by atomic mass is 32.2. The lowest BCUT2D eigenvalue weighted by Crippen LogP contribution is -2.50. The molecule has 0 aromatic carbocycles. The van der Waals surface area contributed by atoms with Gasteiger partial charge in [0.25, 0.3) is 10.2 Å². The first kappa shape index (κ1) is 16.4. The standard InChI is InChI=1S/C12H25N3O3S/c1-12(2,3)11(16)15-8-6-10(7-9-15)13-19(17,18)14(4)5/h10,13H,6-9H2,1-5H3. The Kier molecular flexibility index (Phi) is 4.97. The Morgan fingerprint density at radius 1 is 1.21 bits per heavy atom. The van der Waals surface area contributed by atoms with Crippen LogP contribution in [0.2, 0.25) is 0 Å². The number of amides is 1. The van der Waals surface area contributed by atoms with Gasteiger partial charge in [0.1, 0.15) is 0 Å². The highest BCUT2D eigenvalue weighted by Crippen LogP contribution is 2.21. The van der Waals surface area contributed by atoms with E-state index in [-0.39, 0.29) is 17.4 Å². The number of piperidine rings is 1. The molecule has 19 heavy (non-hydrogen) atoms. The summed E-state index contributed by atoms with van der Waals surface area (Å²) in [6, 6.07) is -0.0866. The number of hydrogen-bond donors (Lipinski definition) is 1. The monoisotopic (exact) mass is 291 g/mol. The molecule has 0 saturated carbocycles. The quantitative estimate of drug-likeness (QED) is 0.819. The minimum absolute atomic E-state index is 0.0866. The summed E-state index contributed by atoms with van der Waals surface area (Å²) in [5.74, 6) is 0.126. The molecule has 0 bridgehead atoms. The smallest absolute Gasteiger partial charge is 0.279 e. The lowest BCUT2D eigenvalue weighted by Gasteiger charge is -2.36. The highest BCUT2D eigenvalue weighted by Gasteiger charge is 2.31. The molecule has 112 valence electrons.